The Kier molecular flexibility index (Phi) is 5.21. The van der Waals surface area contributed by atoms with E-state index >= 15 is 0 Å². The highest BCUT2D eigenvalue weighted by atomic mass is 16.5. The molecule has 23 heavy (non-hydrogen) atoms. The van der Waals surface area contributed by atoms with Gasteiger partial charge in [0.2, 0.25) is 0 Å². The third-order valence-corrected chi connectivity index (χ3v) is 5.54. The second-order valence-electron chi connectivity index (χ2n) is 7.15. The van der Waals surface area contributed by atoms with E-state index in [4.69, 9.17) is 4.74 Å². The average Bonchev–Trinajstić information content (AvgIpc) is 2.61. The molecule has 0 spiro atoms. The number of benzene rings is 1. The van der Waals surface area contributed by atoms with Crippen molar-refractivity contribution in [1.29, 1.82) is 0 Å². The normalized spacial score (nSPS) is 26.1. The molecule has 1 amide bonds. The number of amides is 1. The molecule has 4 heteroatoms. The lowest BCUT2D eigenvalue weighted by Gasteiger charge is -2.39. The molecule has 1 aromatic rings. The Labute approximate surface area is 139 Å². The summed E-state index contributed by atoms with van der Waals surface area (Å²) in [5.41, 5.74) is 0.764. The number of carbonyl (C=O) groups excluding carboxylic acids is 1. The van der Waals surface area contributed by atoms with Gasteiger partial charge in [-0.05, 0) is 43.0 Å². The van der Waals surface area contributed by atoms with E-state index in [-0.39, 0.29) is 5.91 Å². The largest absolute Gasteiger partial charge is 0.497 e. The number of carbonyl (C=O) groups is 1. The van der Waals surface area contributed by atoms with E-state index in [1.165, 1.54) is 25.7 Å². The van der Waals surface area contributed by atoms with Gasteiger partial charge in [0.05, 0.1) is 39.3 Å². The fourth-order valence-electron chi connectivity index (χ4n) is 4.13. The van der Waals surface area contributed by atoms with Gasteiger partial charge in [0.15, 0.2) is 0 Å². The summed E-state index contributed by atoms with van der Waals surface area (Å²) in [6.45, 7) is 6.34. The minimum Gasteiger partial charge on any atom is -0.497 e. The van der Waals surface area contributed by atoms with Crippen LogP contribution in [0.2, 0.25) is 0 Å². The Morgan fingerprint density at radius 3 is 2.48 bits per heavy atom. The Hall–Kier alpha value is -1.55. The summed E-state index contributed by atoms with van der Waals surface area (Å²) < 4.78 is 5.16. The highest BCUT2D eigenvalue weighted by molar-refractivity contribution is 5.94. The highest BCUT2D eigenvalue weighted by Gasteiger charge is 2.32. The zero-order valence-electron chi connectivity index (χ0n) is 14.4. The van der Waals surface area contributed by atoms with E-state index < -0.39 is 0 Å². The van der Waals surface area contributed by atoms with Crippen LogP contribution >= 0.6 is 0 Å². The number of nitrogens with one attached hydrogen (secondary N) is 1. The summed E-state index contributed by atoms with van der Waals surface area (Å²) in [6.07, 6.45) is 5.50. The topological polar surface area (TPSA) is 34.0 Å². The molecule has 1 N–H and O–H groups in total. The molecule has 2 aliphatic rings. The Bertz CT molecular complexity index is 521. The molecule has 1 saturated heterocycles. The van der Waals surface area contributed by atoms with Crippen LogP contribution in [-0.2, 0) is 0 Å². The third kappa shape index (κ3) is 3.86. The molecule has 4 nitrogen and oxygen atoms in total. The summed E-state index contributed by atoms with van der Waals surface area (Å²) in [4.78, 5) is 16.3. The fraction of sp³-hybridized carbons (Fsp3) is 0.632. The van der Waals surface area contributed by atoms with Gasteiger partial charge in [-0.15, -0.1) is 0 Å². The van der Waals surface area contributed by atoms with E-state index in [2.05, 4.69) is 6.92 Å². The van der Waals surface area contributed by atoms with E-state index in [1.54, 1.807) is 12.0 Å². The first kappa shape index (κ1) is 16.3. The molecule has 0 unspecified atom stereocenters. The lowest BCUT2D eigenvalue weighted by atomic mass is 9.86. The number of methoxy groups -OCH3 is 1. The third-order valence-electron chi connectivity index (χ3n) is 5.54. The Morgan fingerprint density at radius 1 is 1.17 bits per heavy atom. The van der Waals surface area contributed by atoms with Gasteiger partial charge >= 0.3 is 0 Å². The zero-order valence-corrected chi connectivity index (χ0v) is 14.4. The zero-order chi connectivity index (χ0) is 16.2. The quantitative estimate of drug-likeness (QED) is 0.919. The van der Waals surface area contributed by atoms with Gasteiger partial charge in [0.25, 0.3) is 5.91 Å². The van der Waals surface area contributed by atoms with Gasteiger partial charge in [-0.2, -0.15) is 0 Å². The number of hydrogen-bond donors (Lipinski definition) is 1. The minimum absolute atomic E-state index is 0.156. The number of rotatable bonds is 3. The summed E-state index contributed by atoms with van der Waals surface area (Å²) in [5, 5.41) is 0. The summed E-state index contributed by atoms with van der Waals surface area (Å²) in [6, 6.07) is 8.26. The molecule has 1 aromatic carbocycles. The second kappa shape index (κ2) is 7.35. The first-order valence-corrected chi connectivity index (χ1v) is 8.95. The van der Waals surface area contributed by atoms with Crippen molar-refractivity contribution in [3.05, 3.63) is 29.8 Å². The SMILES string of the molecule is COc1ccc(C(=O)N2CC[NH+]([C@@H]3CCC[C@H](C)C3)CC2)cc1. The summed E-state index contributed by atoms with van der Waals surface area (Å²) >= 11 is 0. The van der Waals surface area contributed by atoms with Crippen molar-refractivity contribution >= 4 is 5.91 Å². The van der Waals surface area contributed by atoms with Crippen LogP contribution in [-0.4, -0.2) is 50.1 Å². The van der Waals surface area contributed by atoms with Crippen molar-refractivity contribution in [3.63, 3.8) is 0 Å². The molecule has 2 fully saturated rings. The first-order valence-electron chi connectivity index (χ1n) is 8.95. The molecular formula is C19H29N2O2+. The number of quaternary nitrogens is 1. The molecule has 0 aromatic heterocycles. The van der Waals surface area contributed by atoms with Gasteiger partial charge in [-0.1, -0.05) is 13.3 Å². The lowest BCUT2D eigenvalue weighted by molar-refractivity contribution is -0.930. The van der Waals surface area contributed by atoms with Crippen molar-refractivity contribution in [3.8, 4) is 5.75 Å². The lowest BCUT2D eigenvalue weighted by Crippen LogP contribution is -3.18. The molecule has 3 rings (SSSR count). The molecule has 2 atom stereocenters. The molecule has 1 heterocycles. The predicted octanol–water partition coefficient (Wildman–Crippen LogP) is 1.61. The minimum atomic E-state index is 0.156. The maximum atomic E-state index is 12.6. The van der Waals surface area contributed by atoms with Crippen LogP contribution in [0.3, 0.4) is 0 Å². The number of hydrogen-bond acceptors (Lipinski definition) is 2. The van der Waals surface area contributed by atoms with Crippen molar-refractivity contribution in [2.45, 2.75) is 38.6 Å². The predicted molar refractivity (Wildman–Crippen MR) is 91.0 cm³/mol. The van der Waals surface area contributed by atoms with Crippen LogP contribution < -0.4 is 9.64 Å². The highest BCUT2D eigenvalue weighted by Crippen LogP contribution is 2.22. The van der Waals surface area contributed by atoms with Crippen LogP contribution in [0.1, 0.15) is 43.0 Å². The standard InChI is InChI=1S/C19H28N2O2/c1-15-4-3-5-17(14-15)20-10-12-21(13-11-20)19(22)16-6-8-18(23-2)9-7-16/h6-9,15,17H,3-5,10-14H2,1-2H3/p+1/t15-,17+/m0/s1. The summed E-state index contributed by atoms with van der Waals surface area (Å²) in [7, 11) is 1.64. The smallest absolute Gasteiger partial charge is 0.254 e. The fourth-order valence-corrected chi connectivity index (χ4v) is 4.13. The van der Waals surface area contributed by atoms with Crippen molar-refractivity contribution in [2.24, 2.45) is 5.92 Å². The van der Waals surface area contributed by atoms with Crippen molar-refractivity contribution in [1.82, 2.24) is 4.90 Å². The maximum absolute atomic E-state index is 12.6. The molecule has 1 saturated carbocycles. The number of ether oxygens (including phenoxy) is 1. The van der Waals surface area contributed by atoms with Gasteiger partial charge in [0.1, 0.15) is 5.75 Å². The molecule has 0 radical (unpaired) electrons. The van der Waals surface area contributed by atoms with E-state index in [0.717, 1.165) is 49.5 Å². The Balaban J connectivity index is 1.54. The average molecular weight is 317 g/mol. The first-order chi connectivity index (χ1) is 11.2. The van der Waals surface area contributed by atoms with Crippen LogP contribution in [0.4, 0.5) is 0 Å². The molecular weight excluding hydrogens is 288 g/mol. The number of nitrogens with zero attached hydrogens (tertiary/aromatic N) is 1. The van der Waals surface area contributed by atoms with E-state index in [1.807, 2.05) is 29.2 Å². The van der Waals surface area contributed by atoms with Crippen molar-refractivity contribution in [2.75, 3.05) is 33.3 Å². The second-order valence-corrected chi connectivity index (χ2v) is 7.15. The van der Waals surface area contributed by atoms with Gasteiger partial charge in [-0.25, -0.2) is 0 Å². The molecule has 1 aliphatic carbocycles. The van der Waals surface area contributed by atoms with Gasteiger partial charge in [0, 0.05) is 12.0 Å². The van der Waals surface area contributed by atoms with Gasteiger partial charge < -0.3 is 14.5 Å². The Morgan fingerprint density at radius 2 is 1.87 bits per heavy atom. The molecule has 0 bridgehead atoms. The van der Waals surface area contributed by atoms with Crippen LogP contribution in [0.15, 0.2) is 24.3 Å². The van der Waals surface area contributed by atoms with E-state index in [0.29, 0.717) is 0 Å². The van der Waals surface area contributed by atoms with Gasteiger partial charge in [-0.3, -0.25) is 4.79 Å². The number of piperazine rings is 1. The molecule has 126 valence electrons. The monoisotopic (exact) mass is 317 g/mol. The van der Waals surface area contributed by atoms with E-state index in [9.17, 15) is 4.79 Å². The van der Waals surface area contributed by atoms with Crippen LogP contribution in [0, 0.1) is 5.92 Å². The van der Waals surface area contributed by atoms with Crippen molar-refractivity contribution < 1.29 is 14.4 Å². The maximum Gasteiger partial charge on any atom is 0.254 e. The van der Waals surface area contributed by atoms with Crippen LogP contribution in [0.5, 0.6) is 5.75 Å². The summed E-state index contributed by atoms with van der Waals surface area (Å²) in [5.74, 6) is 1.83. The van der Waals surface area contributed by atoms with Crippen LogP contribution in [0.25, 0.3) is 0 Å². The molecule has 1 aliphatic heterocycles.